The van der Waals surface area contributed by atoms with Gasteiger partial charge in [-0.05, 0) is 55.5 Å². The minimum absolute atomic E-state index is 0.0647. The van der Waals surface area contributed by atoms with Crippen LogP contribution in [0.4, 0.5) is 11.4 Å². The van der Waals surface area contributed by atoms with Gasteiger partial charge < -0.3 is 15.1 Å². The molecule has 2 aromatic heterocycles. The van der Waals surface area contributed by atoms with E-state index in [0.717, 1.165) is 23.4 Å². The van der Waals surface area contributed by atoms with Crippen molar-refractivity contribution in [3.05, 3.63) is 53.2 Å². The van der Waals surface area contributed by atoms with Crippen molar-refractivity contribution in [2.75, 3.05) is 10.6 Å². The van der Waals surface area contributed by atoms with Crippen LogP contribution in [0.15, 0.2) is 46.2 Å². The molecule has 0 saturated heterocycles. The first-order chi connectivity index (χ1) is 13.1. The van der Waals surface area contributed by atoms with Gasteiger partial charge in [-0.2, -0.15) is 0 Å². The van der Waals surface area contributed by atoms with Crippen LogP contribution >= 0.6 is 11.3 Å². The number of amides is 2. The highest BCUT2D eigenvalue weighted by Gasteiger charge is 2.29. The lowest BCUT2D eigenvalue weighted by molar-refractivity contribution is -0.117. The van der Waals surface area contributed by atoms with Crippen molar-refractivity contribution in [2.24, 2.45) is 5.92 Å². The summed E-state index contributed by atoms with van der Waals surface area (Å²) in [5.74, 6) is 1.25. The minimum Gasteiger partial charge on any atom is -0.440 e. The lowest BCUT2D eigenvalue weighted by Gasteiger charge is -2.07. The van der Waals surface area contributed by atoms with Crippen LogP contribution in [0.2, 0.25) is 0 Å². The Balaban J connectivity index is 1.36. The molecule has 6 nitrogen and oxygen atoms in total. The van der Waals surface area contributed by atoms with Crippen molar-refractivity contribution >= 4 is 34.5 Å². The lowest BCUT2D eigenvalue weighted by atomic mass is 10.2. The second-order valence-corrected chi connectivity index (χ2v) is 7.51. The molecule has 2 N–H and O–H groups in total. The predicted molar refractivity (Wildman–Crippen MR) is 105 cm³/mol. The number of nitrogens with zero attached hydrogens (tertiary/aromatic N) is 1. The van der Waals surface area contributed by atoms with Crippen LogP contribution in [0, 0.1) is 12.8 Å². The number of rotatable bonds is 6. The summed E-state index contributed by atoms with van der Waals surface area (Å²) < 4.78 is 5.67. The van der Waals surface area contributed by atoms with Crippen molar-refractivity contribution < 1.29 is 14.0 Å². The molecule has 1 aliphatic carbocycles. The average Bonchev–Trinajstić information content (AvgIpc) is 3.24. The molecule has 0 atom stereocenters. The molecule has 0 unspecified atom stereocenters. The third kappa shape index (κ3) is 4.25. The van der Waals surface area contributed by atoms with E-state index in [4.69, 9.17) is 4.42 Å². The Bertz CT molecular complexity index is 957. The third-order valence-corrected chi connectivity index (χ3v) is 5.19. The number of carbonyl (C=O) groups is 2. The number of hydrogen-bond acceptors (Lipinski definition) is 5. The number of anilines is 2. The Morgan fingerprint density at radius 3 is 2.48 bits per heavy atom. The highest BCUT2D eigenvalue weighted by molar-refractivity contribution is 7.13. The van der Waals surface area contributed by atoms with Crippen LogP contribution in [0.25, 0.3) is 10.8 Å². The standard InChI is InChI=1S/C20H19N3O3S/c1-12-16(23-20(26-12)17-3-2-10-27-17)11-18(24)21-14-6-8-15(9-7-14)22-19(25)13-4-5-13/h2-3,6-10,13H,4-5,11H2,1H3,(H,21,24)(H,22,25). The fourth-order valence-corrected chi connectivity index (χ4v) is 3.33. The Hall–Kier alpha value is -2.93. The number of aromatic nitrogens is 1. The fourth-order valence-electron chi connectivity index (χ4n) is 2.68. The van der Waals surface area contributed by atoms with E-state index in [-0.39, 0.29) is 24.2 Å². The van der Waals surface area contributed by atoms with Gasteiger partial charge in [0.15, 0.2) is 0 Å². The fraction of sp³-hybridized carbons (Fsp3) is 0.250. The summed E-state index contributed by atoms with van der Waals surface area (Å²) in [6, 6.07) is 11.0. The molecular weight excluding hydrogens is 362 g/mol. The van der Waals surface area contributed by atoms with E-state index >= 15 is 0 Å². The second kappa shape index (κ2) is 7.36. The molecule has 0 spiro atoms. The molecule has 27 heavy (non-hydrogen) atoms. The van der Waals surface area contributed by atoms with Gasteiger partial charge in [-0.1, -0.05) is 6.07 Å². The first-order valence-electron chi connectivity index (χ1n) is 8.79. The summed E-state index contributed by atoms with van der Waals surface area (Å²) in [4.78, 5) is 29.5. The minimum atomic E-state index is -0.168. The number of benzene rings is 1. The van der Waals surface area contributed by atoms with Crippen LogP contribution in [0.1, 0.15) is 24.3 Å². The highest BCUT2D eigenvalue weighted by Crippen LogP contribution is 2.30. The van der Waals surface area contributed by atoms with Crippen LogP contribution < -0.4 is 10.6 Å². The zero-order valence-electron chi connectivity index (χ0n) is 14.8. The molecule has 0 aliphatic heterocycles. The maximum atomic E-state index is 12.3. The maximum Gasteiger partial charge on any atom is 0.236 e. The molecule has 2 amide bonds. The monoisotopic (exact) mass is 381 g/mol. The van der Waals surface area contributed by atoms with Gasteiger partial charge in [0.05, 0.1) is 17.0 Å². The van der Waals surface area contributed by atoms with Crippen molar-refractivity contribution in [3.63, 3.8) is 0 Å². The lowest BCUT2D eigenvalue weighted by Crippen LogP contribution is -2.15. The number of thiophene rings is 1. The molecule has 4 rings (SSSR count). The smallest absolute Gasteiger partial charge is 0.236 e. The second-order valence-electron chi connectivity index (χ2n) is 6.57. The molecular formula is C20H19N3O3S. The topological polar surface area (TPSA) is 84.2 Å². The Kier molecular flexibility index (Phi) is 4.77. The average molecular weight is 381 g/mol. The van der Waals surface area contributed by atoms with Crippen molar-refractivity contribution in [1.29, 1.82) is 0 Å². The van der Waals surface area contributed by atoms with Crippen LogP contribution in [-0.4, -0.2) is 16.8 Å². The first kappa shape index (κ1) is 17.5. The van der Waals surface area contributed by atoms with Gasteiger partial charge in [-0.15, -0.1) is 11.3 Å². The van der Waals surface area contributed by atoms with E-state index in [0.29, 0.717) is 23.0 Å². The molecule has 0 radical (unpaired) electrons. The Morgan fingerprint density at radius 1 is 1.15 bits per heavy atom. The molecule has 7 heteroatoms. The summed E-state index contributed by atoms with van der Waals surface area (Å²) in [7, 11) is 0. The molecule has 2 heterocycles. The third-order valence-electron chi connectivity index (χ3n) is 4.34. The summed E-state index contributed by atoms with van der Waals surface area (Å²) in [6.45, 7) is 1.81. The molecule has 3 aromatic rings. The number of oxazole rings is 1. The van der Waals surface area contributed by atoms with Gasteiger partial charge >= 0.3 is 0 Å². The Morgan fingerprint density at radius 2 is 1.85 bits per heavy atom. The summed E-state index contributed by atoms with van der Waals surface area (Å²) in [5, 5.41) is 7.68. The predicted octanol–water partition coefficient (Wildman–Crippen LogP) is 4.24. The first-order valence-corrected chi connectivity index (χ1v) is 9.67. The molecule has 1 saturated carbocycles. The number of hydrogen-bond donors (Lipinski definition) is 2. The maximum absolute atomic E-state index is 12.3. The largest absolute Gasteiger partial charge is 0.440 e. The van der Waals surface area contributed by atoms with Crippen LogP contribution in [0.3, 0.4) is 0 Å². The van der Waals surface area contributed by atoms with Gasteiger partial charge in [0.25, 0.3) is 0 Å². The number of aryl methyl sites for hydroxylation is 1. The van der Waals surface area contributed by atoms with Gasteiger partial charge in [-0.25, -0.2) is 4.98 Å². The summed E-state index contributed by atoms with van der Waals surface area (Å²) in [5.41, 5.74) is 2.03. The van der Waals surface area contributed by atoms with E-state index in [2.05, 4.69) is 15.6 Å². The molecule has 1 aromatic carbocycles. The van der Waals surface area contributed by atoms with Gasteiger partial charge in [0, 0.05) is 17.3 Å². The molecule has 138 valence electrons. The van der Waals surface area contributed by atoms with Gasteiger partial charge in [0.2, 0.25) is 17.7 Å². The van der Waals surface area contributed by atoms with Crippen molar-refractivity contribution in [1.82, 2.24) is 4.98 Å². The van der Waals surface area contributed by atoms with E-state index in [9.17, 15) is 9.59 Å². The van der Waals surface area contributed by atoms with Crippen LogP contribution in [0.5, 0.6) is 0 Å². The van der Waals surface area contributed by atoms with E-state index in [1.165, 1.54) is 0 Å². The zero-order chi connectivity index (χ0) is 18.8. The molecule has 1 aliphatic rings. The van der Waals surface area contributed by atoms with Gasteiger partial charge in [-0.3, -0.25) is 9.59 Å². The van der Waals surface area contributed by atoms with Crippen LogP contribution in [-0.2, 0) is 16.0 Å². The quantitative estimate of drug-likeness (QED) is 0.669. The Labute approximate surface area is 160 Å². The number of carbonyl (C=O) groups excluding carboxylic acids is 2. The zero-order valence-corrected chi connectivity index (χ0v) is 15.6. The SMILES string of the molecule is Cc1oc(-c2cccs2)nc1CC(=O)Nc1ccc(NC(=O)C2CC2)cc1. The van der Waals surface area contributed by atoms with E-state index in [1.54, 1.807) is 35.6 Å². The summed E-state index contributed by atoms with van der Waals surface area (Å²) in [6.07, 6.45) is 2.08. The van der Waals surface area contributed by atoms with Gasteiger partial charge in [0.1, 0.15) is 5.76 Å². The van der Waals surface area contributed by atoms with E-state index in [1.807, 2.05) is 24.4 Å². The highest BCUT2D eigenvalue weighted by atomic mass is 32.1. The van der Waals surface area contributed by atoms with Crippen molar-refractivity contribution in [3.8, 4) is 10.8 Å². The number of nitrogens with one attached hydrogen (secondary N) is 2. The van der Waals surface area contributed by atoms with E-state index < -0.39 is 0 Å². The summed E-state index contributed by atoms with van der Waals surface area (Å²) >= 11 is 1.54. The molecule has 0 bridgehead atoms. The molecule has 1 fully saturated rings. The normalized spacial score (nSPS) is 13.4. The van der Waals surface area contributed by atoms with Crippen molar-refractivity contribution in [2.45, 2.75) is 26.2 Å².